The van der Waals surface area contributed by atoms with E-state index < -0.39 is 0 Å². The van der Waals surface area contributed by atoms with Gasteiger partial charge in [-0.1, -0.05) is 6.92 Å². The normalized spacial score (nSPS) is 11.4. The minimum atomic E-state index is -0.0707. The van der Waals surface area contributed by atoms with E-state index in [0.29, 0.717) is 18.7 Å². The molecular formula is C16H27ClN2O3. The number of carbonyl (C=O) groups is 1. The molecule has 0 aromatic heterocycles. The van der Waals surface area contributed by atoms with Crippen LogP contribution in [0.15, 0.2) is 24.3 Å². The Bertz CT molecular complexity index is 412. The summed E-state index contributed by atoms with van der Waals surface area (Å²) in [7, 11) is 1.66. The Balaban J connectivity index is 0.00000441. The zero-order valence-corrected chi connectivity index (χ0v) is 14.4. The number of halogens is 1. The molecule has 0 heterocycles. The minimum absolute atomic E-state index is 0. The molecule has 0 bridgehead atoms. The lowest BCUT2D eigenvalue weighted by atomic mass is 10.2. The molecule has 1 unspecified atom stereocenters. The van der Waals surface area contributed by atoms with Gasteiger partial charge in [0, 0.05) is 32.3 Å². The third-order valence-electron chi connectivity index (χ3n) is 3.10. The number of carbonyl (C=O) groups excluding carboxylic acids is 1. The summed E-state index contributed by atoms with van der Waals surface area (Å²) in [6, 6.07) is 7.23. The summed E-state index contributed by atoms with van der Waals surface area (Å²) < 4.78 is 10.6. The van der Waals surface area contributed by atoms with Crippen molar-refractivity contribution in [3.8, 4) is 5.75 Å². The van der Waals surface area contributed by atoms with Gasteiger partial charge in [-0.05, 0) is 37.6 Å². The van der Waals surface area contributed by atoms with E-state index in [1.807, 2.05) is 19.1 Å². The van der Waals surface area contributed by atoms with Crippen LogP contribution >= 0.6 is 12.4 Å². The van der Waals surface area contributed by atoms with Gasteiger partial charge in [0.05, 0.1) is 12.7 Å². The highest BCUT2D eigenvalue weighted by Gasteiger charge is 2.06. The number of rotatable bonds is 10. The van der Waals surface area contributed by atoms with Gasteiger partial charge in [0.2, 0.25) is 0 Å². The molecule has 6 heteroatoms. The van der Waals surface area contributed by atoms with E-state index in [9.17, 15) is 4.79 Å². The highest BCUT2D eigenvalue weighted by molar-refractivity contribution is 5.94. The van der Waals surface area contributed by atoms with E-state index in [2.05, 4.69) is 17.6 Å². The van der Waals surface area contributed by atoms with Gasteiger partial charge in [-0.3, -0.25) is 4.79 Å². The smallest absolute Gasteiger partial charge is 0.251 e. The molecule has 1 atom stereocenters. The third-order valence-corrected chi connectivity index (χ3v) is 3.10. The molecule has 0 saturated carbocycles. The topological polar surface area (TPSA) is 59.6 Å². The van der Waals surface area contributed by atoms with Gasteiger partial charge in [0.15, 0.2) is 0 Å². The van der Waals surface area contributed by atoms with Crippen LogP contribution in [-0.2, 0) is 4.74 Å². The molecule has 5 nitrogen and oxygen atoms in total. The van der Waals surface area contributed by atoms with E-state index in [0.717, 1.165) is 25.3 Å². The maximum Gasteiger partial charge on any atom is 0.251 e. The van der Waals surface area contributed by atoms with Crippen LogP contribution in [0.4, 0.5) is 0 Å². The number of nitrogens with one attached hydrogen (secondary N) is 2. The molecule has 1 aromatic carbocycles. The van der Waals surface area contributed by atoms with Gasteiger partial charge < -0.3 is 20.1 Å². The molecule has 0 aliphatic rings. The van der Waals surface area contributed by atoms with Crippen molar-refractivity contribution in [3.05, 3.63) is 29.8 Å². The Morgan fingerprint density at radius 2 is 1.86 bits per heavy atom. The van der Waals surface area contributed by atoms with Gasteiger partial charge in [-0.2, -0.15) is 0 Å². The van der Waals surface area contributed by atoms with Gasteiger partial charge in [-0.15, -0.1) is 12.4 Å². The lowest BCUT2D eigenvalue weighted by Crippen LogP contribution is -2.33. The largest absolute Gasteiger partial charge is 0.491 e. The van der Waals surface area contributed by atoms with Gasteiger partial charge in [-0.25, -0.2) is 0 Å². The molecule has 126 valence electrons. The van der Waals surface area contributed by atoms with E-state index in [4.69, 9.17) is 9.47 Å². The van der Waals surface area contributed by atoms with E-state index in [1.165, 1.54) is 0 Å². The Morgan fingerprint density at radius 3 is 2.45 bits per heavy atom. The summed E-state index contributed by atoms with van der Waals surface area (Å²) in [4.78, 5) is 11.9. The van der Waals surface area contributed by atoms with E-state index >= 15 is 0 Å². The Labute approximate surface area is 139 Å². The second-order valence-electron chi connectivity index (χ2n) is 4.86. The number of benzene rings is 1. The number of hydrogen-bond donors (Lipinski definition) is 2. The predicted molar refractivity (Wildman–Crippen MR) is 91.1 cm³/mol. The average Bonchev–Trinajstić information content (AvgIpc) is 2.51. The van der Waals surface area contributed by atoms with Crippen LogP contribution in [0.5, 0.6) is 5.75 Å². The van der Waals surface area contributed by atoms with Crippen molar-refractivity contribution < 1.29 is 14.3 Å². The van der Waals surface area contributed by atoms with Crippen molar-refractivity contribution in [2.45, 2.75) is 26.4 Å². The first-order valence-corrected chi connectivity index (χ1v) is 7.42. The zero-order chi connectivity index (χ0) is 15.5. The molecule has 1 amide bonds. The molecule has 22 heavy (non-hydrogen) atoms. The van der Waals surface area contributed by atoms with Crippen molar-refractivity contribution in [2.24, 2.45) is 0 Å². The third kappa shape index (κ3) is 8.22. The maximum absolute atomic E-state index is 11.9. The molecule has 2 N–H and O–H groups in total. The first-order chi connectivity index (χ1) is 10.2. The minimum Gasteiger partial charge on any atom is -0.491 e. The second-order valence-corrected chi connectivity index (χ2v) is 4.86. The van der Waals surface area contributed by atoms with Crippen molar-refractivity contribution >= 4 is 18.3 Å². The Kier molecular flexibility index (Phi) is 11.5. The Morgan fingerprint density at radius 1 is 1.18 bits per heavy atom. The fraction of sp³-hybridized carbons (Fsp3) is 0.562. The molecule has 0 fully saturated rings. The maximum atomic E-state index is 11.9. The number of methoxy groups -OCH3 is 1. The number of amides is 1. The molecular weight excluding hydrogens is 304 g/mol. The first-order valence-electron chi connectivity index (χ1n) is 7.42. The lowest BCUT2D eigenvalue weighted by molar-refractivity contribution is 0.0953. The fourth-order valence-corrected chi connectivity index (χ4v) is 1.67. The van der Waals surface area contributed by atoms with Crippen LogP contribution in [-0.4, -0.2) is 45.4 Å². The summed E-state index contributed by atoms with van der Waals surface area (Å²) in [5.74, 6) is 0.723. The summed E-state index contributed by atoms with van der Waals surface area (Å²) in [6.07, 6.45) is 1.14. The highest BCUT2D eigenvalue weighted by Crippen LogP contribution is 2.14. The SMILES string of the molecule is CCC(C)Oc1ccc(C(=O)NCCNCCOC)cc1.Cl. The molecule has 1 aromatic rings. The number of hydrogen-bond acceptors (Lipinski definition) is 4. The van der Waals surface area contributed by atoms with E-state index in [-0.39, 0.29) is 24.4 Å². The zero-order valence-electron chi connectivity index (χ0n) is 13.6. The average molecular weight is 331 g/mol. The van der Waals surface area contributed by atoms with Gasteiger partial charge in [0.1, 0.15) is 5.75 Å². The van der Waals surface area contributed by atoms with Crippen LogP contribution in [0, 0.1) is 0 Å². The van der Waals surface area contributed by atoms with Crippen molar-refractivity contribution in [2.75, 3.05) is 33.4 Å². The van der Waals surface area contributed by atoms with Crippen LogP contribution in [0.25, 0.3) is 0 Å². The Hall–Kier alpha value is -1.30. The van der Waals surface area contributed by atoms with Crippen molar-refractivity contribution in [1.29, 1.82) is 0 Å². The summed E-state index contributed by atoms with van der Waals surface area (Å²) in [5.41, 5.74) is 0.642. The predicted octanol–water partition coefficient (Wildman–Crippen LogP) is 2.25. The fourth-order valence-electron chi connectivity index (χ4n) is 1.67. The molecule has 1 rings (SSSR count). The second kappa shape index (κ2) is 12.3. The summed E-state index contributed by atoms with van der Waals surface area (Å²) in [5, 5.41) is 6.03. The van der Waals surface area contributed by atoms with Gasteiger partial charge in [0.25, 0.3) is 5.91 Å². The highest BCUT2D eigenvalue weighted by atomic mass is 35.5. The van der Waals surface area contributed by atoms with Crippen LogP contribution in [0.1, 0.15) is 30.6 Å². The quantitative estimate of drug-likeness (QED) is 0.646. The van der Waals surface area contributed by atoms with E-state index in [1.54, 1.807) is 19.2 Å². The van der Waals surface area contributed by atoms with Crippen molar-refractivity contribution in [3.63, 3.8) is 0 Å². The molecule has 0 radical (unpaired) electrons. The standard InChI is InChI=1S/C16H26N2O3.ClH/c1-4-13(2)21-15-7-5-14(6-8-15)16(19)18-10-9-17-11-12-20-3;/h5-8,13,17H,4,9-12H2,1-3H3,(H,18,19);1H. The monoisotopic (exact) mass is 330 g/mol. The molecule has 0 aliphatic carbocycles. The molecule has 0 spiro atoms. The lowest BCUT2D eigenvalue weighted by Gasteiger charge is -2.12. The summed E-state index contributed by atoms with van der Waals surface area (Å²) >= 11 is 0. The molecule has 0 saturated heterocycles. The van der Waals surface area contributed by atoms with Crippen LogP contribution in [0.3, 0.4) is 0 Å². The number of ether oxygens (including phenoxy) is 2. The first kappa shape index (κ1) is 20.7. The van der Waals surface area contributed by atoms with Crippen LogP contribution in [0.2, 0.25) is 0 Å². The summed E-state index contributed by atoms with van der Waals surface area (Å²) in [6.45, 7) is 6.88. The molecule has 0 aliphatic heterocycles. The van der Waals surface area contributed by atoms with Crippen molar-refractivity contribution in [1.82, 2.24) is 10.6 Å². The van der Waals surface area contributed by atoms with Crippen LogP contribution < -0.4 is 15.4 Å². The van der Waals surface area contributed by atoms with Gasteiger partial charge >= 0.3 is 0 Å².